The molecule has 0 aliphatic heterocycles. The van der Waals surface area contributed by atoms with Crippen LogP contribution in [0.25, 0.3) is 33.3 Å². The number of amides is 1. The van der Waals surface area contributed by atoms with Crippen molar-refractivity contribution in [2.75, 3.05) is 0 Å². The number of nitrogens with zero attached hydrogens (tertiary/aromatic N) is 1. The van der Waals surface area contributed by atoms with E-state index < -0.39 is 11.7 Å². The normalized spacial score (nSPS) is 11.3. The predicted molar refractivity (Wildman–Crippen MR) is 126 cm³/mol. The monoisotopic (exact) mass is 427 g/mol. The van der Waals surface area contributed by atoms with E-state index in [1.54, 1.807) is 12.3 Å². The minimum absolute atomic E-state index is 0.165. The Morgan fingerprint density at radius 1 is 1.00 bits per heavy atom. The van der Waals surface area contributed by atoms with Crippen molar-refractivity contribution in [3.8, 4) is 22.4 Å². The van der Waals surface area contributed by atoms with Crippen molar-refractivity contribution < 1.29 is 9.53 Å². The number of carbonyl (C=O) groups excluding carboxylic acids is 1. The smallest absolute Gasteiger partial charge is 0.407 e. The summed E-state index contributed by atoms with van der Waals surface area (Å²) < 4.78 is 5.28. The molecule has 0 spiro atoms. The number of alkyl carbamates (subject to hydrolysis) is 1. The van der Waals surface area contributed by atoms with Crippen LogP contribution in [0.1, 0.15) is 26.3 Å². The van der Waals surface area contributed by atoms with E-state index in [-0.39, 0.29) is 5.56 Å². The Hall–Kier alpha value is -3.93. The first-order valence-corrected chi connectivity index (χ1v) is 10.4. The first-order chi connectivity index (χ1) is 15.3. The summed E-state index contributed by atoms with van der Waals surface area (Å²) in [6, 6.07) is 21.4. The van der Waals surface area contributed by atoms with Gasteiger partial charge in [-0.2, -0.15) is 0 Å². The van der Waals surface area contributed by atoms with Gasteiger partial charge in [0.1, 0.15) is 5.60 Å². The van der Waals surface area contributed by atoms with Gasteiger partial charge in [0.2, 0.25) is 0 Å². The van der Waals surface area contributed by atoms with Gasteiger partial charge in [-0.3, -0.25) is 4.79 Å². The predicted octanol–water partition coefficient (Wildman–Crippen LogP) is 5.28. The highest BCUT2D eigenvalue weighted by atomic mass is 16.6. The molecule has 2 aromatic heterocycles. The Kier molecular flexibility index (Phi) is 5.77. The van der Waals surface area contributed by atoms with E-state index in [1.807, 2.05) is 81.4 Å². The SMILES string of the molecule is CC(C)(C)OC(=O)NCc1ccc(-c2nc3cc[nH]c(=O)c3cc2-c2ccccc2)cc1. The van der Waals surface area contributed by atoms with E-state index in [0.29, 0.717) is 17.4 Å². The topological polar surface area (TPSA) is 84.1 Å². The minimum atomic E-state index is -0.536. The zero-order valence-electron chi connectivity index (χ0n) is 18.3. The number of benzene rings is 2. The van der Waals surface area contributed by atoms with Gasteiger partial charge in [0.15, 0.2) is 0 Å². The fourth-order valence-corrected chi connectivity index (χ4v) is 3.44. The van der Waals surface area contributed by atoms with Gasteiger partial charge in [0.25, 0.3) is 5.56 Å². The summed E-state index contributed by atoms with van der Waals surface area (Å²) in [7, 11) is 0. The average molecular weight is 428 g/mol. The molecule has 0 radical (unpaired) electrons. The lowest BCUT2D eigenvalue weighted by Gasteiger charge is -2.19. The summed E-state index contributed by atoms with van der Waals surface area (Å²) in [5.41, 5.74) is 4.46. The quantitative estimate of drug-likeness (QED) is 0.464. The molecule has 2 aromatic carbocycles. The molecule has 4 rings (SSSR count). The van der Waals surface area contributed by atoms with E-state index >= 15 is 0 Å². The number of fused-ring (bicyclic) bond motifs is 1. The van der Waals surface area contributed by atoms with E-state index in [4.69, 9.17) is 9.72 Å². The number of ether oxygens (including phenoxy) is 1. The lowest BCUT2D eigenvalue weighted by molar-refractivity contribution is 0.0523. The van der Waals surface area contributed by atoms with Crippen LogP contribution in [0.15, 0.2) is 77.7 Å². The molecule has 0 bridgehead atoms. The van der Waals surface area contributed by atoms with Crippen molar-refractivity contribution in [2.24, 2.45) is 0 Å². The molecule has 1 amide bonds. The summed E-state index contributed by atoms with van der Waals surface area (Å²) in [6.45, 7) is 5.85. The largest absolute Gasteiger partial charge is 0.444 e. The molecule has 4 aromatic rings. The number of aromatic amines is 1. The molecule has 0 aliphatic carbocycles. The third kappa shape index (κ3) is 4.86. The number of rotatable bonds is 4. The zero-order chi connectivity index (χ0) is 22.7. The van der Waals surface area contributed by atoms with Gasteiger partial charge >= 0.3 is 6.09 Å². The fourth-order valence-electron chi connectivity index (χ4n) is 3.44. The molecule has 0 fully saturated rings. The van der Waals surface area contributed by atoms with Gasteiger partial charge in [-0.25, -0.2) is 9.78 Å². The Morgan fingerprint density at radius 2 is 1.72 bits per heavy atom. The van der Waals surface area contributed by atoms with Crippen LogP contribution >= 0.6 is 0 Å². The Labute approximate surface area is 186 Å². The van der Waals surface area contributed by atoms with Crippen LogP contribution in [0.3, 0.4) is 0 Å². The highest BCUT2D eigenvalue weighted by molar-refractivity contribution is 5.91. The van der Waals surface area contributed by atoms with Gasteiger partial charge in [-0.1, -0.05) is 54.6 Å². The first-order valence-electron chi connectivity index (χ1n) is 10.4. The van der Waals surface area contributed by atoms with E-state index in [9.17, 15) is 9.59 Å². The van der Waals surface area contributed by atoms with Crippen LogP contribution < -0.4 is 10.9 Å². The average Bonchev–Trinajstić information content (AvgIpc) is 2.77. The number of aromatic nitrogens is 2. The third-order valence-electron chi connectivity index (χ3n) is 4.90. The lowest BCUT2D eigenvalue weighted by atomic mass is 9.97. The minimum Gasteiger partial charge on any atom is -0.444 e. The third-order valence-corrected chi connectivity index (χ3v) is 4.90. The number of H-pyrrole nitrogens is 1. The number of carbonyl (C=O) groups is 1. The summed E-state index contributed by atoms with van der Waals surface area (Å²) in [6.07, 6.45) is 1.16. The summed E-state index contributed by atoms with van der Waals surface area (Å²) in [5.74, 6) is 0. The van der Waals surface area contributed by atoms with Crippen LogP contribution in [0.2, 0.25) is 0 Å². The van der Waals surface area contributed by atoms with Crippen molar-refractivity contribution in [1.29, 1.82) is 0 Å². The Balaban J connectivity index is 1.67. The molecule has 0 aliphatic rings. The number of pyridine rings is 2. The van der Waals surface area contributed by atoms with Crippen LogP contribution in [0.4, 0.5) is 4.79 Å². The summed E-state index contributed by atoms with van der Waals surface area (Å²) in [5, 5.41) is 3.32. The number of hydrogen-bond acceptors (Lipinski definition) is 4. The maximum Gasteiger partial charge on any atom is 0.407 e. The first kappa shape index (κ1) is 21.3. The maximum atomic E-state index is 12.3. The molecule has 6 heteroatoms. The molecular formula is C26H25N3O3. The van der Waals surface area contributed by atoms with E-state index in [1.165, 1.54) is 0 Å². The molecule has 32 heavy (non-hydrogen) atoms. The molecular weight excluding hydrogens is 402 g/mol. The van der Waals surface area contributed by atoms with Gasteiger partial charge in [0, 0.05) is 23.9 Å². The molecule has 0 unspecified atom stereocenters. The van der Waals surface area contributed by atoms with Crippen LogP contribution in [0.5, 0.6) is 0 Å². The highest BCUT2D eigenvalue weighted by Gasteiger charge is 2.16. The van der Waals surface area contributed by atoms with Crippen molar-refractivity contribution in [2.45, 2.75) is 32.9 Å². The Bertz CT molecular complexity index is 1300. The molecule has 0 saturated heterocycles. The van der Waals surface area contributed by atoms with Crippen LogP contribution in [-0.4, -0.2) is 21.7 Å². The van der Waals surface area contributed by atoms with Gasteiger partial charge in [-0.15, -0.1) is 0 Å². The van der Waals surface area contributed by atoms with Gasteiger partial charge in [-0.05, 0) is 44.0 Å². The van der Waals surface area contributed by atoms with Gasteiger partial charge in [0.05, 0.1) is 16.6 Å². The van der Waals surface area contributed by atoms with E-state index in [0.717, 1.165) is 27.9 Å². The van der Waals surface area contributed by atoms with Crippen molar-refractivity contribution in [3.63, 3.8) is 0 Å². The van der Waals surface area contributed by atoms with Crippen LogP contribution in [-0.2, 0) is 11.3 Å². The molecule has 0 saturated carbocycles. The second-order valence-electron chi connectivity index (χ2n) is 8.54. The Morgan fingerprint density at radius 3 is 2.41 bits per heavy atom. The van der Waals surface area contributed by atoms with Crippen molar-refractivity contribution >= 4 is 17.0 Å². The molecule has 0 atom stereocenters. The zero-order valence-corrected chi connectivity index (χ0v) is 18.3. The summed E-state index contributed by atoms with van der Waals surface area (Å²) >= 11 is 0. The van der Waals surface area contributed by atoms with Crippen LogP contribution in [0, 0.1) is 0 Å². The van der Waals surface area contributed by atoms with Gasteiger partial charge < -0.3 is 15.0 Å². The second-order valence-corrected chi connectivity index (χ2v) is 8.54. The standard InChI is InChI=1S/C26H25N3O3/c1-26(2,3)32-25(31)28-16-17-9-11-19(12-10-17)23-20(18-7-5-4-6-8-18)15-21-22(29-23)13-14-27-24(21)30/h4-15H,16H2,1-3H3,(H,27,30)(H,28,31). The lowest BCUT2D eigenvalue weighted by Crippen LogP contribution is -2.32. The summed E-state index contributed by atoms with van der Waals surface area (Å²) in [4.78, 5) is 31.8. The van der Waals surface area contributed by atoms with Crippen molar-refractivity contribution in [3.05, 3.63) is 88.8 Å². The molecule has 162 valence electrons. The van der Waals surface area contributed by atoms with Crippen molar-refractivity contribution in [1.82, 2.24) is 15.3 Å². The highest BCUT2D eigenvalue weighted by Crippen LogP contribution is 2.32. The fraction of sp³-hybridized carbons (Fsp3) is 0.192. The van der Waals surface area contributed by atoms with E-state index in [2.05, 4.69) is 10.3 Å². The second kappa shape index (κ2) is 8.67. The molecule has 6 nitrogen and oxygen atoms in total. The molecule has 2 heterocycles. The molecule has 2 N–H and O–H groups in total. The number of nitrogens with one attached hydrogen (secondary N) is 2. The maximum absolute atomic E-state index is 12.3. The number of hydrogen-bond donors (Lipinski definition) is 2.